The maximum Gasteiger partial charge on any atom is 0.317 e. The van der Waals surface area contributed by atoms with Crippen LogP contribution in [0.1, 0.15) is 22.3 Å². The third kappa shape index (κ3) is 5.09. The van der Waals surface area contributed by atoms with Gasteiger partial charge in [0.05, 0.1) is 6.42 Å². The van der Waals surface area contributed by atoms with Gasteiger partial charge in [-0.2, -0.15) is 0 Å². The number of nitrogens with zero attached hydrogens (tertiary/aromatic N) is 2. The quantitative estimate of drug-likeness (QED) is 0.906. The van der Waals surface area contributed by atoms with Crippen molar-refractivity contribution in [3.8, 4) is 0 Å². The van der Waals surface area contributed by atoms with Crippen LogP contribution in [0.4, 0.5) is 4.79 Å². The zero-order chi connectivity index (χ0) is 19.2. The molecule has 0 spiro atoms. The Morgan fingerprint density at radius 2 is 1.59 bits per heavy atom. The molecule has 1 N–H and O–H groups in total. The fraction of sp³-hybridized carbons (Fsp3) is 0.364. The summed E-state index contributed by atoms with van der Waals surface area (Å²) >= 11 is 0. The second-order valence-electron chi connectivity index (χ2n) is 7.12. The Balaban J connectivity index is 1.46. The normalized spacial score (nSPS) is 14.1. The minimum atomic E-state index is -0.0691. The first-order chi connectivity index (χ1) is 13.0. The van der Waals surface area contributed by atoms with E-state index in [1.54, 1.807) is 4.90 Å². The van der Waals surface area contributed by atoms with Gasteiger partial charge in [-0.3, -0.25) is 4.79 Å². The number of hydrogen-bond donors (Lipinski definition) is 1. The van der Waals surface area contributed by atoms with Gasteiger partial charge < -0.3 is 15.1 Å². The lowest BCUT2D eigenvalue weighted by Crippen LogP contribution is -2.53. The van der Waals surface area contributed by atoms with Crippen LogP contribution in [0.15, 0.2) is 48.5 Å². The number of carbonyl (C=O) groups is 2. The molecule has 27 heavy (non-hydrogen) atoms. The highest BCUT2D eigenvalue weighted by Gasteiger charge is 2.24. The molecule has 2 aromatic rings. The molecule has 2 aromatic carbocycles. The third-order valence-corrected chi connectivity index (χ3v) is 5.05. The second kappa shape index (κ2) is 8.71. The fourth-order valence-electron chi connectivity index (χ4n) is 3.36. The van der Waals surface area contributed by atoms with Gasteiger partial charge in [-0.05, 0) is 30.5 Å². The van der Waals surface area contributed by atoms with Gasteiger partial charge in [-0.15, -0.1) is 0 Å². The minimum Gasteiger partial charge on any atom is -0.339 e. The van der Waals surface area contributed by atoms with E-state index in [1.165, 1.54) is 5.56 Å². The Morgan fingerprint density at radius 1 is 0.926 bits per heavy atom. The summed E-state index contributed by atoms with van der Waals surface area (Å²) in [5, 5.41) is 2.95. The largest absolute Gasteiger partial charge is 0.339 e. The van der Waals surface area contributed by atoms with Crippen LogP contribution < -0.4 is 5.32 Å². The van der Waals surface area contributed by atoms with E-state index in [1.807, 2.05) is 54.3 Å². The van der Waals surface area contributed by atoms with Crippen molar-refractivity contribution in [3.63, 3.8) is 0 Å². The predicted molar refractivity (Wildman–Crippen MR) is 106 cm³/mol. The van der Waals surface area contributed by atoms with Crippen LogP contribution in [0.25, 0.3) is 0 Å². The van der Waals surface area contributed by atoms with Gasteiger partial charge in [-0.25, -0.2) is 4.79 Å². The number of piperazine rings is 1. The zero-order valence-electron chi connectivity index (χ0n) is 16.1. The van der Waals surface area contributed by atoms with Gasteiger partial charge in [0.15, 0.2) is 0 Å². The van der Waals surface area contributed by atoms with E-state index in [0.29, 0.717) is 39.1 Å². The number of urea groups is 1. The summed E-state index contributed by atoms with van der Waals surface area (Å²) in [7, 11) is 0. The average molecular weight is 365 g/mol. The maximum atomic E-state index is 12.6. The van der Waals surface area contributed by atoms with Crippen LogP contribution >= 0.6 is 0 Å². The van der Waals surface area contributed by atoms with Crippen molar-refractivity contribution in [1.82, 2.24) is 15.1 Å². The first kappa shape index (κ1) is 19.0. The van der Waals surface area contributed by atoms with E-state index in [9.17, 15) is 9.59 Å². The SMILES string of the molecule is Cc1ccc(CC(=O)N2CCN(C(=O)NCc3ccccc3)CC2)c(C)c1. The molecule has 0 saturated carbocycles. The molecule has 5 heteroatoms. The molecule has 0 aromatic heterocycles. The number of nitrogens with one attached hydrogen (secondary N) is 1. The van der Waals surface area contributed by atoms with Gasteiger partial charge in [0.1, 0.15) is 0 Å². The smallest absolute Gasteiger partial charge is 0.317 e. The topological polar surface area (TPSA) is 52.7 Å². The summed E-state index contributed by atoms with van der Waals surface area (Å²) in [5.41, 5.74) is 4.52. The van der Waals surface area contributed by atoms with Crippen LogP contribution in [-0.4, -0.2) is 47.9 Å². The first-order valence-corrected chi connectivity index (χ1v) is 9.43. The van der Waals surface area contributed by atoms with Gasteiger partial charge >= 0.3 is 6.03 Å². The molecule has 5 nitrogen and oxygen atoms in total. The Bertz CT molecular complexity index is 796. The van der Waals surface area contributed by atoms with Gasteiger partial charge in [0, 0.05) is 32.7 Å². The maximum absolute atomic E-state index is 12.6. The standard InChI is InChI=1S/C22H27N3O2/c1-17-8-9-20(18(2)14-17)15-21(26)24-10-12-25(13-11-24)22(27)23-16-19-6-4-3-5-7-19/h3-9,14H,10-13,15-16H2,1-2H3,(H,23,27). The molecule has 1 aliphatic heterocycles. The number of carbonyl (C=O) groups excluding carboxylic acids is 2. The monoisotopic (exact) mass is 365 g/mol. The van der Waals surface area contributed by atoms with Gasteiger partial charge in [-0.1, -0.05) is 54.1 Å². The molecule has 142 valence electrons. The first-order valence-electron chi connectivity index (χ1n) is 9.43. The highest BCUT2D eigenvalue weighted by atomic mass is 16.2. The summed E-state index contributed by atoms with van der Waals surface area (Å²) in [6, 6.07) is 16.0. The molecule has 3 amide bonds. The van der Waals surface area contributed by atoms with Crippen LogP contribution in [-0.2, 0) is 17.8 Å². The number of benzene rings is 2. The molecule has 0 atom stereocenters. The van der Waals surface area contributed by atoms with E-state index < -0.39 is 0 Å². The van der Waals surface area contributed by atoms with E-state index >= 15 is 0 Å². The van der Waals surface area contributed by atoms with Crippen LogP contribution in [0.5, 0.6) is 0 Å². The Labute approximate surface area is 161 Å². The zero-order valence-corrected chi connectivity index (χ0v) is 16.1. The molecule has 3 rings (SSSR count). The molecule has 0 bridgehead atoms. The van der Waals surface area contributed by atoms with E-state index in [-0.39, 0.29) is 11.9 Å². The van der Waals surface area contributed by atoms with Crippen LogP contribution in [0, 0.1) is 13.8 Å². The molecular weight excluding hydrogens is 338 g/mol. The van der Waals surface area contributed by atoms with E-state index in [4.69, 9.17) is 0 Å². The lowest BCUT2D eigenvalue weighted by atomic mass is 10.0. The van der Waals surface area contributed by atoms with Crippen molar-refractivity contribution < 1.29 is 9.59 Å². The Morgan fingerprint density at radius 3 is 2.26 bits per heavy atom. The average Bonchev–Trinajstić information content (AvgIpc) is 2.69. The summed E-state index contributed by atoms with van der Waals surface area (Å²) < 4.78 is 0. The Hall–Kier alpha value is -2.82. The van der Waals surface area contributed by atoms with Crippen molar-refractivity contribution >= 4 is 11.9 Å². The van der Waals surface area contributed by atoms with Gasteiger partial charge in [0.25, 0.3) is 0 Å². The third-order valence-electron chi connectivity index (χ3n) is 5.05. The number of hydrogen-bond acceptors (Lipinski definition) is 2. The Kier molecular flexibility index (Phi) is 6.12. The molecule has 1 fully saturated rings. The number of amides is 3. The van der Waals surface area contributed by atoms with Crippen molar-refractivity contribution in [2.24, 2.45) is 0 Å². The van der Waals surface area contributed by atoms with Crippen LogP contribution in [0.2, 0.25) is 0 Å². The lowest BCUT2D eigenvalue weighted by molar-refractivity contribution is -0.131. The summed E-state index contributed by atoms with van der Waals surface area (Å²) in [5.74, 6) is 0.131. The van der Waals surface area contributed by atoms with Crippen molar-refractivity contribution in [3.05, 3.63) is 70.8 Å². The highest BCUT2D eigenvalue weighted by Crippen LogP contribution is 2.13. The van der Waals surface area contributed by atoms with Crippen molar-refractivity contribution in [2.75, 3.05) is 26.2 Å². The number of rotatable bonds is 4. The summed E-state index contributed by atoms with van der Waals surface area (Å²) in [4.78, 5) is 28.6. The van der Waals surface area contributed by atoms with Crippen molar-refractivity contribution in [2.45, 2.75) is 26.8 Å². The highest BCUT2D eigenvalue weighted by molar-refractivity contribution is 5.80. The molecule has 1 heterocycles. The van der Waals surface area contributed by atoms with Crippen molar-refractivity contribution in [1.29, 1.82) is 0 Å². The minimum absolute atomic E-state index is 0.0691. The molecular formula is C22H27N3O2. The second-order valence-corrected chi connectivity index (χ2v) is 7.12. The number of aryl methyl sites for hydroxylation is 2. The summed E-state index contributed by atoms with van der Waals surface area (Å²) in [6.45, 7) is 6.93. The molecule has 1 saturated heterocycles. The van der Waals surface area contributed by atoms with Crippen LogP contribution in [0.3, 0.4) is 0 Å². The fourth-order valence-corrected chi connectivity index (χ4v) is 3.36. The van der Waals surface area contributed by atoms with Gasteiger partial charge in [0.2, 0.25) is 5.91 Å². The predicted octanol–water partition coefficient (Wildman–Crippen LogP) is 2.90. The van der Waals surface area contributed by atoms with E-state index in [0.717, 1.165) is 16.7 Å². The molecule has 1 aliphatic rings. The lowest BCUT2D eigenvalue weighted by Gasteiger charge is -2.35. The molecule has 0 radical (unpaired) electrons. The molecule has 0 unspecified atom stereocenters. The summed E-state index contributed by atoms with van der Waals surface area (Å²) in [6.07, 6.45) is 0.423. The van der Waals surface area contributed by atoms with E-state index in [2.05, 4.69) is 18.3 Å². The molecule has 0 aliphatic carbocycles.